The van der Waals surface area contributed by atoms with Crippen LogP contribution >= 0.6 is 15.9 Å². The predicted molar refractivity (Wildman–Crippen MR) is 77.3 cm³/mol. The molecule has 2 aromatic rings. The fourth-order valence-corrected chi connectivity index (χ4v) is 1.91. The molecule has 3 N–H and O–H groups in total. The van der Waals surface area contributed by atoms with Crippen LogP contribution in [0.1, 0.15) is 18.1 Å². The van der Waals surface area contributed by atoms with Crippen molar-refractivity contribution in [2.45, 2.75) is 19.9 Å². The first kappa shape index (κ1) is 12.8. The van der Waals surface area contributed by atoms with Gasteiger partial charge in [-0.3, -0.25) is 0 Å². The maximum Gasteiger partial charge on any atom is 0.221 e. The first-order valence-electron chi connectivity index (χ1n) is 5.78. The summed E-state index contributed by atoms with van der Waals surface area (Å²) in [7, 11) is 0. The third-order valence-electron chi connectivity index (χ3n) is 2.65. The molecule has 0 aliphatic rings. The van der Waals surface area contributed by atoms with Crippen molar-refractivity contribution < 1.29 is 0 Å². The molecule has 0 unspecified atom stereocenters. The van der Waals surface area contributed by atoms with E-state index in [1.807, 2.05) is 0 Å². The fourth-order valence-electron chi connectivity index (χ4n) is 1.58. The summed E-state index contributed by atoms with van der Waals surface area (Å²) in [5, 5.41) is 3.23. The number of rotatable bonds is 4. The zero-order chi connectivity index (χ0) is 13.0. The molecule has 4 nitrogen and oxygen atoms in total. The monoisotopic (exact) mass is 306 g/mol. The molecule has 18 heavy (non-hydrogen) atoms. The Labute approximate surface area is 115 Å². The van der Waals surface area contributed by atoms with Gasteiger partial charge >= 0.3 is 0 Å². The fraction of sp³-hybridized carbons (Fsp3) is 0.231. The van der Waals surface area contributed by atoms with Gasteiger partial charge in [0, 0.05) is 12.7 Å². The zero-order valence-corrected chi connectivity index (χ0v) is 11.7. The van der Waals surface area contributed by atoms with Crippen LogP contribution in [0.4, 0.5) is 11.8 Å². The molecule has 0 radical (unpaired) electrons. The lowest BCUT2D eigenvalue weighted by molar-refractivity contribution is 1.07. The first-order chi connectivity index (χ1) is 8.69. The van der Waals surface area contributed by atoms with Crippen molar-refractivity contribution in [1.29, 1.82) is 0 Å². The topological polar surface area (TPSA) is 63.8 Å². The van der Waals surface area contributed by atoms with Gasteiger partial charge in [0.2, 0.25) is 5.95 Å². The molecule has 2 rings (SSSR count). The predicted octanol–water partition coefficient (Wildman–Crippen LogP) is 3.00. The van der Waals surface area contributed by atoms with Gasteiger partial charge in [-0.15, -0.1) is 0 Å². The normalized spacial score (nSPS) is 10.3. The lowest BCUT2D eigenvalue weighted by Gasteiger charge is -2.08. The molecule has 5 heteroatoms. The number of nitrogens with two attached hydrogens (primary N) is 1. The molecule has 94 valence electrons. The van der Waals surface area contributed by atoms with E-state index in [1.165, 1.54) is 11.1 Å². The summed E-state index contributed by atoms with van der Waals surface area (Å²) < 4.78 is 0.807. The highest BCUT2D eigenvalue weighted by Gasteiger charge is 2.02. The smallest absolute Gasteiger partial charge is 0.221 e. The summed E-state index contributed by atoms with van der Waals surface area (Å²) >= 11 is 3.38. The lowest BCUT2D eigenvalue weighted by atomic mass is 10.1. The van der Waals surface area contributed by atoms with Gasteiger partial charge in [0.05, 0.1) is 4.47 Å². The molecule has 1 heterocycles. The van der Waals surface area contributed by atoms with Crippen LogP contribution < -0.4 is 11.1 Å². The van der Waals surface area contributed by atoms with Gasteiger partial charge in [-0.2, -0.15) is 4.98 Å². The van der Waals surface area contributed by atoms with Crippen LogP contribution in [0.25, 0.3) is 0 Å². The van der Waals surface area contributed by atoms with Crippen molar-refractivity contribution in [2.24, 2.45) is 0 Å². The minimum absolute atomic E-state index is 0.266. The first-order valence-corrected chi connectivity index (χ1v) is 6.58. The Balaban J connectivity index is 2.04. The largest absolute Gasteiger partial charge is 0.368 e. The Hall–Kier alpha value is -1.62. The second-order valence-corrected chi connectivity index (χ2v) is 4.80. The molecule has 1 aromatic heterocycles. The van der Waals surface area contributed by atoms with Crippen LogP contribution in [0.15, 0.2) is 34.9 Å². The third-order valence-corrected chi connectivity index (χ3v) is 3.23. The second-order valence-electron chi connectivity index (χ2n) is 3.95. The molecule has 0 aliphatic carbocycles. The molecule has 0 spiro atoms. The number of aromatic nitrogens is 2. The average Bonchev–Trinajstić information content (AvgIpc) is 2.40. The number of nitrogens with one attached hydrogen (secondary N) is 1. The van der Waals surface area contributed by atoms with Crippen LogP contribution in [-0.2, 0) is 13.0 Å². The van der Waals surface area contributed by atoms with Gasteiger partial charge in [-0.1, -0.05) is 31.2 Å². The van der Waals surface area contributed by atoms with Gasteiger partial charge in [-0.25, -0.2) is 4.98 Å². The average molecular weight is 307 g/mol. The summed E-state index contributed by atoms with van der Waals surface area (Å²) in [6, 6.07) is 8.51. The number of nitrogen functional groups attached to an aromatic ring is 1. The van der Waals surface area contributed by atoms with Crippen molar-refractivity contribution in [2.75, 3.05) is 11.1 Å². The molecule has 0 amide bonds. The highest BCUT2D eigenvalue weighted by atomic mass is 79.9. The Bertz CT molecular complexity index is 525. The number of hydrogen-bond acceptors (Lipinski definition) is 4. The van der Waals surface area contributed by atoms with Gasteiger partial charge < -0.3 is 11.1 Å². The Kier molecular flexibility index (Phi) is 4.15. The van der Waals surface area contributed by atoms with E-state index < -0.39 is 0 Å². The quantitative estimate of drug-likeness (QED) is 0.911. The third kappa shape index (κ3) is 3.20. The number of benzene rings is 1. The maximum atomic E-state index is 5.55. The van der Waals surface area contributed by atoms with Crippen molar-refractivity contribution in [3.63, 3.8) is 0 Å². The summed E-state index contributed by atoms with van der Waals surface area (Å²) in [6.07, 6.45) is 2.70. The molecule has 0 atom stereocenters. The van der Waals surface area contributed by atoms with Crippen molar-refractivity contribution in [3.8, 4) is 0 Å². The zero-order valence-electron chi connectivity index (χ0n) is 10.2. The molecule has 0 saturated carbocycles. The summed E-state index contributed by atoms with van der Waals surface area (Å²) in [5.41, 5.74) is 8.10. The van der Waals surface area contributed by atoms with Crippen molar-refractivity contribution in [3.05, 3.63) is 46.1 Å². The minimum atomic E-state index is 0.266. The highest BCUT2D eigenvalue weighted by molar-refractivity contribution is 9.10. The van der Waals surface area contributed by atoms with Crippen molar-refractivity contribution in [1.82, 2.24) is 9.97 Å². The van der Waals surface area contributed by atoms with E-state index in [-0.39, 0.29) is 5.95 Å². The van der Waals surface area contributed by atoms with E-state index in [4.69, 9.17) is 5.73 Å². The van der Waals surface area contributed by atoms with E-state index in [2.05, 4.69) is 62.4 Å². The number of halogens is 1. The molecular weight excluding hydrogens is 292 g/mol. The Morgan fingerprint density at radius 2 is 1.89 bits per heavy atom. The van der Waals surface area contributed by atoms with Crippen LogP contribution in [0.2, 0.25) is 0 Å². The molecule has 0 aliphatic heterocycles. The second kappa shape index (κ2) is 5.82. The van der Waals surface area contributed by atoms with Crippen LogP contribution in [0.5, 0.6) is 0 Å². The van der Waals surface area contributed by atoms with E-state index in [1.54, 1.807) is 6.20 Å². The Morgan fingerprint density at radius 1 is 1.22 bits per heavy atom. The van der Waals surface area contributed by atoms with E-state index >= 15 is 0 Å². The van der Waals surface area contributed by atoms with Crippen molar-refractivity contribution >= 4 is 27.7 Å². The molecule has 1 aromatic carbocycles. The van der Waals surface area contributed by atoms with Crippen LogP contribution in [0, 0.1) is 0 Å². The molecule has 0 bridgehead atoms. The molecular formula is C13H15BrN4. The maximum absolute atomic E-state index is 5.55. The van der Waals surface area contributed by atoms with Gasteiger partial charge in [0.15, 0.2) is 0 Å². The van der Waals surface area contributed by atoms with Gasteiger partial charge in [0.25, 0.3) is 0 Å². The number of hydrogen-bond donors (Lipinski definition) is 2. The van der Waals surface area contributed by atoms with E-state index in [0.29, 0.717) is 12.4 Å². The van der Waals surface area contributed by atoms with Crippen LogP contribution in [-0.4, -0.2) is 9.97 Å². The minimum Gasteiger partial charge on any atom is -0.368 e. The standard InChI is InChI=1S/C13H15BrN4/c1-2-9-3-5-10(6-4-9)7-16-12-11(14)8-17-13(15)18-12/h3-6,8H,2,7H2,1H3,(H3,15,16,17,18). The SMILES string of the molecule is CCc1ccc(CNc2nc(N)ncc2Br)cc1. The number of anilines is 2. The molecule has 0 saturated heterocycles. The Morgan fingerprint density at radius 3 is 2.56 bits per heavy atom. The van der Waals surface area contributed by atoms with E-state index in [9.17, 15) is 0 Å². The van der Waals surface area contributed by atoms with Crippen LogP contribution in [0.3, 0.4) is 0 Å². The summed E-state index contributed by atoms with van der Waals surface area (Å²) in [5.74, 6) is 0.976. The summed E-state index contributed by atoms with van der Waals surface area (Å²) in [4.78, 5) is 8.03. The number of nitrogens with zero attached hydrogens (tertiary/aromatic N) is 2. The van der Waals surface area contributed by atoms with Gasteiger partial charge in [-0.05, 0) is 33.5 Å². The van der Waals surface area contributed by atoms with Gasteiger partial charge in [0.1, 0.15) is 5.82 Å². The van der Waals surface area contributed by atoms with E-state index in [0.717, 1.165) is 10.9 Å². The number of aryl methyl sites for hydroxylation is 1. The molecule has 0 fully saturated rings. The lowest BCUT2D eigenvalue weighted by Crippen LogP contribution is -2.05. The summed E-state index contributed by atoms with van der Waals surface area (Å²) in [6.45, 7) is 2.85. The highest BCUT2D eigenvalue weighted by Crippen LogP contribution is 2.19.